The number of aliphatic carboxylic acids is 1. The number of carboxylic acid groups (broad SMARTS) is 1. The molecule has 0 aliphatic carbocycles. The first-order valence-electron chi connectivity index (χ1n) is 9.91. The van der Waals surface area contributed by atoms with Crippen molar-refractivity contribution in [2.45, 2.75) is 51.7 Å². The third kappa shape index (κ3) is 10.3. The summed E-state index contributed by atoms with van der Waals surface area (Å²) in [4.78, 5) is 45.9. The van der Waals surface area contributed by atoms with E-state index < -0.39 is 24.1 Å². The fourth-order valence-electron chi connectivity index (χ4n) is 2.85. The molecule has 0 fully saturated rings. The molecule has 0 spiro atoms. The second-order valence-corrected chi connectivity index (χ2v) is 7.86. The molecule has 2 unspecified atom stereocenters. The number of hydrogen-bond acceptors (Lipinski definition) is 6. The van der Waals surface area contributed by atoms with Crippen molar-refractivity contribution in [3.63, 3.8) is 0 Å². The maximum atomic E-state index is 12.2. The van der Waals surface area contributed by atoms with Crippen LogP contribution in [0.4, 0.5) is 0 Å². The highest BCUT2D eigenvalue weighted by atomic mass is 16.5. The number of hydrogen-bond donors (Lipinski definition) is 3. The maximum absolute atomic E-state index is 12.2. The Hall–Kier alpha value is -2.52. The molecule has 0 aliphatic rings. The Morgan fingerprint density at radius 3 is 2.27 bits per heavy atom. The average molecular weight is 427 g/mol. The highest BCUT2D eigenvalue weighted by Gasteiger charge is 2.38. The molecule has 0 aliphatic heterocycles. The normalized spacial score (nSPS) is 13.1. The number of rotatable bonds is 16. The molecular formula is C21H36N3O6+. The Balaban J connectivity index is 4.91. The molecule has 0 heterocycles. The minimum atomic E-state index is -1.000. The molecule has 0 rings (SSSR count). The zero-order valence-corrected chi connectivity index (χ0v) is 18.5. The van der Waals surface area contributed by atoms with Crippen molar-refractivity contribution in [2.75, 3.05) is 33.8 Å². The van der Waals surface area contributed by atoms with Crippen molar-refractivity contribution >= 4 is 24.1 Å². The molecule has 0 aromatic rings. The lowest BCUT2D eigenvalue weighted by Crippen LogP contribution is -2.63. The number of aldehydes is 1. The van der Waals surface area contributed by atoms with Gasteiger partial charge < -0.3 is 29.8 Å². The summed E-state index contributed by atoms with van der Waals surface area (Å²) >= 11 is 0. The Labute approximate surface area is 178 Å². The van der Waals surface area contributed by atoms with E-state index in [9.17, 15) is 24.3 Å². The SMILES string of the molecule is C=C(C)C(=O)NC(CCNCCCOC(=O)C(=C)C)[N+](C)(C)C(CC=O)CC(=O)O. The molecule has 0 aromatic carbocycles. The van der Waals surface area contributed by atoms with Crippen LogP contribution < -0.4 is 10.6 Å². The monoisotopic (exact) mass is 426 g/mol. The smallest absolute Gasteiger partial charge is 0.333 e. The van der Waals surface area contributed by atoms with Crippen molar-refractivity contribution in [2.24, 2.45) is 0 Å². The van der Waals surface area contributed by atoms with Gasteiger partial charge in [-0.1, -0.05) is 13.2 Å². The van der Waals surface area contributed by atoms with E-state index in [2.05, 4.69) is 23.8 Å². The van der Waals surface area contributed by atoms with Crippen LogP contribution in [0, 0.1) is 0 Å². The third-order valence-electron chi connectivity index (χ3n) is 4.88. The molecule has 9 heteroatoms. The third-order valence-corrected chi connectivity index (χ3v) is 4.88. The molecule has 0 bridgehead atoms. The molecule has 2 atom stereocenters. The van der Waals surface area contributed by atoms with Gasteiger partial charge in [0, 0.05) is 24.1 Å². The molecule has 0 saturated heterocycles. The quantitative estimate of drug-likeness (QED) is 0.0840. The Morgan fingerprint density at radius 2 is 1.77 bits per heavy atom. The number of nitrogens with zero attached hydrogens (tertiary/aromatic N) is 1. The summed E-state index contributed by atoms with van der Waals surface area (Å²) in [5.74, 6) is -1.74. The summed E-state index contributed by atoms with van der Waals surface area (Å²) in [6.07, 6.45) is 1.29. The first-order chi connectivity index (χ1) is 13.9. The van der Waals surface area contributed by atoms with Gasteiger partial charge >= 0.3 is 11.9 Å². The number of carbonyl (C=O) groups excluding carboxylic acids is 3. The van der Waals surface area contributed by atoms with Crippen LogP contribution in [0.5, 0.6) is 0 Å². The van der Waals surface area contributed by atoms with Gasteiger partial charge in [0.05, 0.1) is 33.5 Å². The summed E-state index contributed by atoms with van der Waals surface area (Å²) < 4.78 is 5.16. The van der Waals surface area contributed by atoms with E-state index in [-0.39, 0.29) is 29.8 Å². The van der Waals surface area contributed by atoms with Crippen LogP contribution in [0.25, 0.3) is 0 Å². The predicted octanol–water partition coefficient (Wildman–Crippen LogP) is 1.00. The van der Waals surface area contributed by atoms with Crippen LogP contribution >= 0.6 is 0 Å². The first kappa shape index (κ1) is 27.5. The maximum Gasteiger partial charge on any atom is 0.333 e. The number of esters is 1. The zero-order valence-electron chi connectivity index (χ0n) is 18.5. The van der Waals surface area contributed by atoms with Gasteiger partial charge in [0.25, 0.3) is 5.91 Å². The first-order valence-corrected chi connectivity index (χ1v) is 9.91. The summed E-state index contributed by atoms with van der Waals surface area (Å²) in [5.41, 5.74) is 0.697. The Morgan fingerprint density at radius 1 is 1.13 bits per heavy atom. The van der Waals surface area contributed by atoms with Crippen LogP contribution in [0.15, 0.2) is 24.3 Å². The van der Waals surface area contributed by atoms with E-state index in [0.717, 1.165) is 0 Å². The topological polar surface area (TPSA) is 122 Å². The number of nitrogens with one attached hydrogen (secondary N) is 2. The van der Waals surface area contributed by atoms with Gasteiger partial charge in [-0.3, -0.25) is 9.59 Å². The van der Waals surface area contributed by atoms with Gasteiger partial charge in [-0.15, -0.1) is 0 Å². The van der Waals surface area contributed by atoms with Gasteiger partial charge in [0.1, 0.15) is 12.3 Å². The number of ether oxygens (including phenoxy) is 1. The lowest BCUT2D eigenvalue weighted by atomic mass is 10.0. The van der Waals surface area contributed by atoms with Gasteiger partial charge in [-0.2, -0.15) is 0 Å². The molecule has 0 saturated carbocycles. The second kappa shape index (κ2) is 13.7. The van der Waals surface area contributed by atoms with Crippen molar-refractivity contribution in [1.29, 1.82) is 0 Å². The summed E-state index contributed by atoms with van der Waals surface area (Å²) in [7, 11) is 3.61. The van der Waals surface area contributed by atoms with Gasteiger partial charge in [-0.25, -0.2) is 4.79 Å². The Kier molecular flexibility index (Phi) is 12.5. The average Bonchev–Trinajstić information content (AvgIpc) is 2.64. The molecule has 3 N–H and O–H groups in total. The van der Waals surface area contributed by atoms with Crippen LogP contribution in [-0.2, 0) is 23.9 Å². The fourth-order valence-corrected chi connectivity index (χ4v) is 2.85. The summed E-state index contributed by atoms with van der Waals surface area (Å²) in [6, 6.07) is -0.489. The lowest BCUT2D eigenvalue weighted by Gasteiger charge is -2.43. The largest absolute Gasteiger partial charge is 0.481 e. The van der Waals surface area contributed by atoms with Gasteiger partial charge in [0.2, 0.25) is 0 Å². The van der Waals surface area contributed by atoms with Crippen LogP contribution in [0.2, 0.25) is 0 Å². The van der Waals surface area contributed by atoms with Crippen LogP contribution in [-0.4, -0.2) is 79.7 Å². The van der Waals surface area contributed by atoms with Crippen LogP contribution in [0.1, 0.15) is 39.5 Å². The molecule has 30 heavy (non-hydrogen) atoms. The van der Waals surface area contributed by atoms with Gasteiger partial charge in [0.15, 0.2) is 6.17 Å². The van der Waals surface area contributed by atoms with Crippen molar-refractivity contribution in [3.8, 4) is 0 Å². The molecule has 170 valence electrons. The van der Waals surface area contributed by atoms with E-state index in [0.29, 0.717) is 43.4 Å². The molecule has 9 nitrogen and oxygen atoms in total. The summed E-state index contributed by atoms with van der Waals surface area (Å²) in [5, 5.41) is 15.3. The van der Waals surface area contributed by atoms with Crippen molar-refractivity contribution < 1.29 is 33.5 Å². The summed E-state index contributed by atoms with van der Waals surface area (Å²) in [6.45, 7) is 11.8. The van der Waals surface area contributed by atoms with Crippen molar-refractivity contribution in [3.05, 3.63) is 24.3 Å². The minimum absolute atomic E-state index is 0.0697. The second-order valence-electron chi connectivity index (χ2n) is 7.86. The molecule has 1 amide bonds. The highest BCUT2D eigenvalue weighted by Crippen LogP contribution is 2.20. The zero-order chi connectivity index (χ0) is 23.3. The predicted molar refractivity (Wildman–Crippen MR) is 113 cm³/mol. The van der Waals surface area contributed by atoms with E-state index in [4.69, 9.17) is 4.74 Å². The number of quaternary nitrogens is 1. The highest BCUT2D eigenvalue weighted by molar-refractivity contribution is 5.92. The minimum Gasteiger partial charge on any atom is -0.481 e. The van der Waals surface area contributed by atoms with E-state index in [1.807, 2.05) is 0 Å². The Bertz CT molecular complexity index is 645. The fraction of sp³-hybridized carbons (Fsp3) is 0.619. The molecule has 0 radical (unpaired) electrons. The van der Waals surface area contributed by atoms with E-state index in [1.165, 1.54) is 0 Å². The van der Waals surface area contributed by atoms with Crippen LogP contribution in [0.3, 0.4) is 0 Å². The van der Waals surface area contributed by atoms with E-state index in [1.54, 1.807) is 27.9 Å². The molecular weight excluding hydrogens is 390 g/mol. The standard InChI is InChI=1S/C21H35N3O6/c1-15(2)20(28)23-18(24(5,6)17(9-12-25)14-19(26)27)8-11-22-10-7-13-30-21(29)16(3)4/h12,17-18,22H,1,3,7-11,13-14H2,2,4-6H3,(H-,23,26,27,28)/p+1. The van der Waals surface area contributed by atoms with Crippen molar-refractivity contribution in [1.82, 2.24) is 10.6 Å². The number of amides is 1. The molecule has 0 aromatic heterocycles. The number of carbonyl (C=O) groups is 4. The van der Waals surface area contributed by atoms with E-state index >= 15 is 0 Å². The number of carboxylic acids is 1. The lowest BCUT2D eigenvalue weighted by molar-refractivity contribution is -0.940. The van der Waals surface area contributed by atoms with Gasteiger partial charge in [-0.05, 0) is 26.8 Å².